The molecule has 2 rings (SSSR count). The summed E-state index contributed by atoms with van der Waals surface area (Å²) in [7, 11) is 0. The van der Waals surface area contributed by atoms with Gasteiger partial charge in [-0.3, -0.25) is 0 Å². The average Bonchev–Trinajstić information content (AvgIpc) is 2.71. The Kier molecular flexibility index (Phi) is 1.95. The number of hydrogen-bond donors (Lipinski definition) is 0. The summed E-state index contributed by atoms with van der Waals surface area (Å²) in [6.07, 6.45) is 3.88. The molecule has 0 unspecified atom stereocenters. The fraction of sp³-hybridized carbons (Fsp3) is 0. The van der Waals surface area contributed by atoms with E-state index in [0.717, 1.165) is 6.20 Å². The number of rotatable bonds is 1. The second kappa shape index (κ2) is 3.26. The van der Waals surface area contributed by atoms with Crippen LogP contribution in [0.5, 0.6) is 0 Å². The predicted molar refractivity (Wildman–Crippen MR) is 44.4 cm³/mol. The van der Waals surface area contributed by atoms with Crippen molar-refractivity contribution in [2.45, 2.75) is 0 Å². The SMILES string of the molecule is N#Cc1cnc(F)c(-c2ncco2)c1. The van der Waals surface area contributed by atoms with Gasteiger partial charge in [0, 0.05) is 6.20 Å². The first kappa shape index (κ1) is 8.38. The zero-order chi connectivity index (χ0) is 9.97. The lowest BCUT2D eigenvalue weighted by atomic mass is 10.2. The molecule has 0 aliphatic rings. The lowest BCUT2D eigenvalue weighted by Gasteiger charge is -1.96. The molecule has 0 bridgehead atoms. The third kappa shape index (κ3) is 1.33. The van der Waals surface area contributed by atoms with Crippen LogP contribution in [0.15, 0.2) is 29.1 Å². The highest BCUT2D eigenvalue weighted by atomic mass is 19.1. The van der Waals surface area contributed by atoms with Crippen LogP contribution in [-0.4, -0.2) is 9.97 Å². The molecule has 0 aliphatic carbocycles. The Morgan fingerprint density at radius 3 is 2.93 bits per heavy atom. The minimum Gasteiger partial charge on any atom is -0.444 e. The van der Waals surface area contributed by atoms with Crippen molar-refractivity contribution < 1.29 is 8.81 Å². The monoisotopic (exact) mass is 189 g/mol. The van der Waals surface area contributed by atoms with Crippen LogP contribution in [0.25, 0.3) is 11.5 Å². The summed E-state index contributed by atoms with van der Waals surface area (Å²) >= 11 is 0. The Bertz CT molecular complexity index is 487. The van der Waals surface area contributed by atoms with Crippen molar-refractivity contribution in [1.82, 2.24) is 9.97 Å². The van der Waals surface area contributed by atoms with Crippen LogP contribution in [0.3, 0.4) is 0 Å². The van der Waals surface area contributed by atoms with Crippen LogP contribution in [0.2, 0.25) is 0 Å². The molecular formula is C9H4FN3O. The first-order valence-electron chi connectivity index (χ1n) is 3.77. The molecule has 0 saturated carbocycles. The number of pyridine rings is 1. The minimum atomic E-state index is -0.702. The molecule has 14 heavy (non-hydrogen) atoms. The minimum absolute atomic E-state index is 0.0917. The highest BCUT2D eigenvalue weighted by molar-refractivity contribution is 5.54. The molecule has 0 amide bonds. The average molecular weight is 189 g/mol. The molecular weight excluding hydrogens is 185 g/mol. The Balaban J connectivity index is 2.58. The van der Waals surface area contributed by atoms with Crippen molar-refractivity contribution >= 4 is 0 Å². The van der Waals surface area contributed by atoms with Gasteiger partial charge in [-0.2, -0.15) is 9.65 Å². The van der Waals surface area contributed by atoms with E-state index in [1.807, 2.05) is 6.07 Å². The van der Waals surface area contributed by atoms with Crippen molar-refractivity contribution in [2.75, 3.05) is 0 Å². The molecule has 4 nitrogen and oxygen atoms in total. The van der Waals surface area contributed by atoms with Gasteiger partial charge in [-0.15, -0.1) is 0 Å². The second-order valence-corrected chi connectivity index (χ2v) is 2.51. The molecule has 0 radical (unpaired) electrons. The number of oxazole rings is 1. The van der Waals surface area contributed by atoms with Crippen LogP contribution in [0.1, 0.15) is 5.56 Å². The topological polar surface area (TPSA) is 62.7 Å². The molecule has 5 heteroatoms. The molecule has 2 aromatic rings. The summed E-state index contributed by atoms with van der Waals surface area (Å²) < 4.78 is 18.0. The van der Waals surface area contributed by atoms with E-state index in [4.69, 9.17) is 9.68 Å². The van der Waals surface area contributed by atoms with E-state index in [0.29, 0.717) is 0 Å². The number of aromatic nitrogens is 2. The van der Waals surface area contributed by atoms with Crippen molar-refractivity contribution in [3.63, 3.8) is 0 Å². The Hall–Kier alpha value is -2.22. The van der Waals surface area contributed by atoms with Gasteiger partial charge in [0.05, 0.1) is 17.3 Å². The number of nitrogens with zero attached hydrogens (tertiary/aromatic N) is 3. The molecule has 0 N–H and O–H groups in total. The Morgan fingerprint density at radius 2 is 2.29 bits per heavy atom. The third-order valence-corrected chi connectivity index (χ3v) is 1.63. The smallest absolute Gasteiger partial charge is 0.230 e. The standard InChI is InChI=1S/C9H4FN3O/c10-8-7(9-12-1-2-14-9)3-6(4-11)5-13-8/h1-3,5H. The van der Waals surface area contributed by atoms with Gasteiger partial charge in [0.2, 0.25) is 11.8 Å². The van der Waals surface area contributed by atoms with Crippen molar-refractivity contribution in [1.29, 1.82) is 5.26 Å². The lowest BCUT2D eigenvalue weighted by molar-refractivity contribution is 0.549. The van der Waals surface area contributed by atoms with E-state index in [9.17, 15) is 4.39 Å². The fourth-order valence-electron chi connectivity index (χ4n) is 1.02. The molecule has 0 fully saturated rings. The van der Waals surface area contributed by atoms with Crippen LogP contribution in [-0.2, 0) is 0 Å². The van der Waals surface area contributed by atoms with Crippen LogP contribution in [0, 0.1) is 17.3 Å². The van der Waals surface area contributed by atoms with Gasteiger partial charge in [0.25, 0.3) is 0 Å². The Labute approximate surface area is 78.6 Å². The number of hydrogen-bond acceptors (Lipinski definition) is 4. The van der Waals surface area contributed by atoms with Gasteiger partial charge < -0.3 is 4.42 Å². The zero-order valence-corrected chi connectivity index (χ0v) is 6.94. The van der Waals surface area contributed by atoms with Gasteiger partial charge in [-0.25, -0.2) is 9.97 Å². The summed E-state index contributed by atoms with van der Waals surface area (Å²) in [6.45, 7) is 0. The van der Waals surface area contributed by atoms with Crippen LogP contribution < -0.4 is 0 Å². The van der Waals surface area contributed by atoms with Gasteiger partial charge in [0.15, 0.2) is 0 Å². The summed E-state index contributed by atoms with van der Waals surface area (Å²) in [5.41, 5.74) is 0.355. The normalized spacial score (nSPS) is 9.71. The summed E-state index contributed by atoms with van der Waals surface area (Å²) in [4.78, 5) is 7.18. The Morgan fingerprint density at radius 1 is 1.43 bits per heavy atom. The van der Waals surface area contributed by atoms with E-state index < -0.39 is 5.95 Å². The maximum atomic E-state index is 13.1. The molecule has 0 saturated heterocycles. The summed E-state index contributed by atoms with van der Waals surface area (Å²) in [5.74, 6) is -0.585. The van der Waals surface area contributed by atoms with Gasteiger partial charge in [-0.1, -0.05) is 0 Å². The molecule has 0 atom stereocenters. The van der Waals surface area contributed by atoms with E-state index in [2.05, 4.69) is 9.97 Å². The first-order valence-corrected chi connectivity index (χ1v) is 3.77. The van der Waals surface area contributed by atoms with E-state index >= 15 is 0 Å². The van der Waals surface area contributed by atoms with Crippen LogP contribution >= 0.6 is 0 Å². The molecule has 2 heterocycles. The maximum absolute atomic E-state index is 13.1. The molecule has 0 aromatic carbocycles. The van der Waals surface area contributed by atoms with Crippen molar-refractivity contribution in [3.8, 4) is 17.5 Å². The first-order chi connectivity index (χ1) is 6.81. The predicted octanol–water partition coefficient (Wildman–Crippen LogP) is 1.75. The highest BCUT2D eigenvalue weighted by Gasteiger charge is 2.11. The molecule has 0 aliphatic heterocycles. The maximum Gasteiger partial charge on any atom is 0.230 e. The van der Waals surface area contributed by atoms with Gasteiger partial charge >= 0.3 is 0 Å². The quantitative estimate of drug-likeness (QED) is 0.641. The van der Waals surface area contributed by atoms with Crippen molar-refractivity contribution in [2.24, 2.45) is 0 Å². The fourth-order valence-corrected chi connectivity index (χ4v) is 1.02. The number of halogens is 1. The van der Waals surface area contributed by atoms with E-state index in [1.165, 1.54) is 18.5 Å². The summed E-state index contributed by atoms with van der Waals surface area (Å²) in [5, 5.41) is 8.59. The number of nitriles is 1. The zero-order valence-electron chi connectivity index (χ0n) is 6.94. The third-order valence-electron chi connectivity index (χ3n) is 1.63. The second-order valence-electron chi connectivity index (χ2n) is 2.51. The van der Waals surface area contributed by atoms with Gasteiger partial charge in [0.1, 0.15) is 12.3 Å². The van der Waals surface area contributed by atoms with Crippen LogP contribution in [0.4, 0.5) is 4.39 Å². The van der Waals surface area contributed by atoms with E-state index in [1.54, 1.807) is 0 Å². The lowest BCUT2D eigenvalue weighted by Crippen LogP contribution is -1.90. The van der Waals surface area contributed by atoms with Crippen molar-refractivity contribution in [3.05, 3.63) is 36.2 Å². The van der Waals surface area contributed by atoms with Gasteiger partial charge in [-0.05, 0) is 6.07 Å². The highest BCUT2D eigenvalue weighted by Crippen LogP contribution is 2.19. The molecule has 68 valence electrons. The van der Waals surface area contributed by atoms with E-state index in [-0.39, 0.29) is 17.0 Å². The summed E-state index contributed by atoms with van der Waals surface area (Å²) in [6, 6.07) is 3.20. The molecule has 2 aromatic heterocycles. The largest absolute Gasteiger partial charge is 0.444 e. The molecule has 0 spiro atoms.